The van der Waals surface area contributed by atoms with E-state index in [0.29, 0.717) is 18.8 Å². The number of piperazine rings is 1. The van der Waals surface area contributed by atoms with Gasteiger partial charge < -0.3 is 14.4 Å². The van der Waals surface area contributed by atoms with E-state index in [1.807, 2.05) is 19.1 Å². The standard InChI is InChI=1S/C28H33N3O5S2/c1-20-18-29(15-16-31(20)38(33,34)24-10-8-23(36-3)9-11-24)27(32)19-30-14-12-26-25(13-17-37-26)28(30)21-4-6-22(35-2)7-5-21/h4-11,13,17,20,28H,12,14-16,18-19H2,1-3H3/t20-,28-/m1/s1. The van der Waals surface area contributed by atoms with E-state index >= 15 is 0 Å². The Morgan fingerprint density at radius 2 is 1.61 bits per heavy atom. The van der Waals surface area contributed by atoms with Crippen molar-refractivity contribution < 1.29 is 22.7 Å². The Bertz CT molecular complexity index is 1370. The van der Waals surface area contributed by atoms with Crippen LogP contribution in [0.3, 0.4) is 0 Å². The fourth-order valence-corrected chi connectivity index (χ4v) is 7.91. The third-order valence-electron chi connectivity index (χ3n) is 7.42. The highest BCUT2D eigenvalue weighted by Gasteiger charge is 2.37. The van der Waals surface area contributed by atoms with Crippen LogP contribution >= 0.6 is 11.3 Å². The molecule has 0 N–H and O–H groups in total. The molecule has 202 valence electrons. The Morgan fingerprint density at radius 3 is 2.24 bits per heavy atom. The molecule has 0 bridgehead atoms. The lowest BCUT2D eigenvalue weighted by molar-refractivity contribution is -0.135. The first-order valence-corrected chi connectivity index (χ1v) is 15.0. The molecule has 10 heteroatoms. The van der Waals surface area contributed by atoms with Crippen molar-refractivity contribution in [1.82, 2.24) is 14.1 Å². The fraction of sp³-hybridized carbons (Fsp3) is 0.393. The van der Waals surface area contributed by atoms with Gasteiger partial charge >= 0.3 is 0 Å². The molecule has 5 rings (SSSR count). The first-order chi connectivity index (χ1) is 18.3. The van der Waals surface area contributed by atoms with Crippen LogP contribution in [0.2, 0.25) is 0 Å². The largest absolute Gasteiger partial charge is 0.497 e. The number of benzene rings is 2. The summed E-state index contributed by atoms with van der Waals surface area (Å²) in [5.41, 5.74) is 2.38. The lowest BCUT2D eigenvalue weighted by Crippen LogP contribution is -2.57. The van der Waals surface area contributed by atoms with Crippen LogP contribution in [0.5, 0.6) is 11.5 Å². The molecule has 2 atom stereocenters. The number of fused-ring (bicyclic) bond motifs is 1. The van der Waals surface area contributed by atoms with E-state index in [2.05, 4.69) is 28.5 Å². The topological polar surface area (TPSA) is 79.4 Å². The van der Waals surface area contributed by atoms with Gasteiger partial charge in [-0.2, -0.15) is 4.31 Å². The Morgan fingerprint density at radius 1 is 0.947 bits per heavy atom. The molecule has 0 saturated carbocycles. The Hall–Kier alpha value is -2.92. The second-order valence-corrected chi connectivity index (χ2v) is 12.6. The minimum Gasteiger partial charge on any atom is -0.497 e. The molecule has 3 heterocycles. The minimum atomic E-state index is -3.67. The van der Waals surface area contributed by atoms with Gasteiger partial charge in [-0.15, -0.1) is 11.3 Å². The maximum Gasteiger partial charge on any atom is 0.243 e. The van der Waals surface area contributed by atoms with Crippen LogP contribution in [0.15, 0.2) is 64.9 Å². The molecule has 2 aliphatic rings. The molecule has 3 aromatic rings. The first kappa shape index (κ1) is 26.7. The lowest BCUT2D eigenvalue weighted by atomic mass is 9.93. The third kappa shape index (κ3) is 5.18. The van der Waals surface area contributed by atoms with Crippen molar-refractivity contribution in [2.45, 2.75) is 30.3 Å². The Labute approximate surface area is 228 Å². The van der Waals surface area contributed by atoms with Crippen molar-refractivity contribution in [2.75, 3.05) is 46.9 Å². The molecule has 1 aromatic heterocycles. The van der Waals surface area contributed by atoms with E-state index in [0.717, 1.165) is 24.3 Å². The van der Waals surface area contributed by atoms with Gasteiger partial charge in [0.1, 0.15) is 11.5 Å². The summed E-state index contributed by atoms with van der Waals surface area (Å²) in [5.74, 6) is 1.43. The lowest BCUT2D eigenvalue weighted by Gasteiger charge is -2.41. The van der Waals surface area contributed by atoms with Crippen LogP contribution < -0.4 is 9.47 Å². The van der Waals surface area contributed by atoms with Gasteiger partial charge in [0, 0.05) is 37.1 Å². The summed E-state index contributed by atoms with van der Waals surface area (Å²) in [4.78, 5) is 19.2. The van der Waals surface area contributed by atoms with Crippen LogP contribution in [-0.4, -0.2) is 81.4 Å². The quantitative estimate of drug-likeness (QED) is 0.443. The zero-order chi connectivity index (χ0) is 26.9. The SMILES string of the molecule is COc1ccc([C@@H]2c3ccsc3CCN2CC(=O)N2CCN(S(=O)(=O)c3ccc(OC)cc3)[C@H](C)C2)cc1. The molecule has 0 unspecified atom stereocenters. The number of hydrogen-bond acceptors (Lipinski definition) is 7. The van der Waals surface area contributed by atoms with Crippen molar-refractivity contribution in [3.8, 4) is 11.5 Å². The number of methoxy groups -OCH3 is 2. The number of carbonyl (C=O) groups excluding carboxylic acids is 1. The van der Waals surface area contributed by atoms with Crippen molar-refractivity contribution >= 4 is 27.3 Å². The smallest absolute Gasteiger partial charge is 0.243 e. The van der Waals surface area contributed by atoms with Crippen LogP contribution in [0.4, 0.5) is 0 Å². The number of nitrogens with zero attached hydrogens (tertiary/aromatic N) is 3. The molecule has 1 fully saturated rings. The molecule has 1 saturated heterocycles. The summed E-state index contributed by atoms with van der Waals surface area (Å²) in [5, 5.41) is 2.12. The number of carbonyl (C=O) groups is 1. The molecule has 1 amide bonds. The van der Waals surface area contributed by atoms with Gasteiger partial charge in [0.05, 0.1) is 31.7 Å². The van der Waals surface area contributed by atoms with Crippen LogP contribution in [-0.2, 0) is 21.2 Å². The monoisotopic (exact) mass is 555 g/mol. The minimum absolute atomic E-state index is 0.00554. The summed E-state index contributed by atoms with van der Waals surface area (Å²) in [6, 6.07) is 16.3. The van der Waals surface area contributed by atoms with E-state index < -0.39 is 10.0 Å². The summed E-state index contributed by atoms with van der Waals surface area (Å²) < 4.78 is 38.6. The zero-order valence-electron chi connectivity index (χ0n) is 21.9. The Kier molecular flexibility index (Phi) is 7.76. The number of rotatable bonds is 7. The second-order valence-electron chi connectivity index (χ2n) is 9.68. The number of thiophene rings is 1. The van der Waals surface area contributed by atoms with E-state index in [9.17, 15) is 13.2 Å². The number of ether oxygens (including phenoxy) is 2. The highest BCUT2D eigenvalue weighted by Crippen LogP contribution is 2.38. The molecule has 2 aliphatic heterocycles. The van der Waals surface area contributed by atoms with Gasteiger partial charge in [-0.05, 0) is 72.3 Å². The van der Waals surface area contributed by atoms with Crippen LogP contribution in [0, 0.1) is 0 Å². The highest BCUT2D eigenvalue weighted by atomic mass is 32.2. The average Bonchev–Trinajstić information content (AvgIpc) is 3.42. The van der Waals surface area contributed by atoms with E-state index in [-0.39, 0.29) is 36.0 Å². The molecular formula is C28H33N3O5S2. The van der Waals surface area contributed by atoms with E-state index in [1.165, 1.54) is 14.7 Å². The van der Waals surface area contributed by atoms with Gasteiger partial charge in [0.25, 0.3) is 0 Å². The molecule has 2 aromatic carbocycles. The molecule has 38 heavy (non-hydrogen) atoms. The highest BCUT2D eigenvalue weighted by molar-refractivity contribution is 7.89. The first-order valence-electron chi connectivity index (χ1n) is 12.7. The van der Waals surface area contributed by atoms with Crippen LogP contribution in [0.1, 0.15) is 29.0 Å². The third-order valence-corrected chi connectivity index (χ3v) is 10.4. The molecule has 0 aliphatic carbocycles. The summed E-state index contributed by atoms with van der Waals surface area (Å²) in [7, 11) is -0.471. The van der Waals surface area contributed by atoms with Gasteiger partial charge in [-0.25, -0.2) is 8.42 Å². The average molecular weight is 556 g/mol. The van der Waals surface area contributed by atoms with E-state index in [4.69, 9.17) is 9.47 Å². The summed E-state index contributed by atoms with van der Waals surface area (Å²) in [6.07, 6.45) is 0.914. The van der Waals surface area contributed by atoms with Crippen LogP contribution in [0.25, 0.3) is 0 Å². The molecule has 8 nitrogen and oxygen atoms in total. The van der Waals surface area contributed by atoms with E-state index in [1.54, 1.807) is 54.7 Å². The molecule has 0 spiro atoms. The maximum absolute atomic E-state index is 13.5. The number of hydrogen-bond donors (Lipinski definition) is 0. The van der Waals surface area contributed by atoms with Crippen molar-refractivity contribution in [3.05, 3.63) is 76.0 Å². The molecular weight excluding hydrogens is 522 g/mol. The van der Waals surface area contributed by atoms with Gasteiger partial charge in [0.2, 0.25) is 15.9 Å². The summed E-state index contributed by atoms with van der Waals surface area (Å²) >= 11 is 1.77. The predicted octanol–water partition coefficient (Wildman–Crippen LogP) is 3.63. The Balaban J connectivity index is 1.29. The van der Waals surface area contributed by atoms with Gasteiger partial charge in [0.15, 0.2) is 0 Å². The normalized spacial score (nSPS) is 20.7. The number of sulfonamides is 1. The van der Waals surface area contributed by atoms with Gasteiger partial charge in [-0.1, -0.05) is 12.1 Å². The maximum atomic E-state index is 13.5. The zero-order valence-corrected chi connectivity index (χ0v) is 23.5. The summed E-state index contributed by atoms with van der Waals surface area (Å²) in [6.45, 7) is 3.92. The van der Waals surface area contributed by atoms with Crippen molar-refractivity contribution in [1.29, 1.82) is 0 Å². The second kappa shape index (κ2) is 11.1. The van der Waals surface area contributed by atoms with Crippen molar-refractivity contribution in [3.63, 3.8) is 0 Å². The predicted molar refractivity (Wildman–Crippen MR) is 147 cm³/mol. The fourth-order valence-electron chi connectivity index (χ4n) is 5.40. The van der Waals surface area contributed by atoms with Gasteiger partial charge in [-0.3, -0.25) is 9.69 Å². The van der Waals surface area contributed by atoms with Crippen molar-refractivity contribution in [2.24, 2.45) is 0 Å². The number of amides is 1. The molecule has 0 radical (unpaired) electrons.